The van der Waals surface area contributed by atoms with Crippen LogP contribution in [0, 0.1) is 0 Å². The van der Waals surface area contributed by atoms with Crippen molar-refractivity contribution in [2.24, 2.45) is 0 Å². The van der Waals surface area contributed by atoms with E-state index in [1.807, 2.05) is 24.3 Å². The van der Waals surface area contributed by atoms with Crippen LogP contribution in [0.5, 0.6) is 5.75 Å². The van der Waals surface area contributed by atoms with Gasteiger partial charge in [-0.2, -0.15) is 0 Å². The van der Waals surface area contributed by atoms with Crippen LogP contribution < -0.4 is 10.1 Å². The number of hydrogen-bond donors (Lipinski definition) is 1. The summed E-state index contributed by atoms with van der Waals surface area (Å²) in [5.74, 6) is 1.78. The molecule has 0 spiro atoms. The maximum Gasteiger partial charge on any atom is 0.343 e. The highest BCUT2D eigenvalue weighted by Crippen LogP contribution is 2.19. The van der Waals surface area contributed by atoms with E-state index in [2.05, 4.69) is 10.1 Å². The molecule has 5 nitrogen and oxygen atoms in total. The lowest BCUT2D eigenvalue weighted by molar-refractivity contribution is -0.142. The summed E-state index contributed by atoms with van der Waals surface area (Å²) in [4.78, 5) is 11.0. The van der Waals surface area contributed by atoms with Crippen molar-refractivity contribution >= 4 is 22.5 Å². The highest BCUT2D eigenvalue weighted by Gasteiger charge is 2.17. The number of anilines is 1. The molecule has 1 N–H and O–H groups in total. The molecule has 0 amide bonds. The van der Waals surface area contributed by atoms with E-state index < -0.39 is 16.8 Å². The molecule has 1 aromatic carbocycles. The van der Waals surface area contributed by atoms with Gasteiger partial charge in [-0.1, -0.05) is 0 Å². The van der Waals surface area contributed by atoms with Gasteiger partial charge in [-0.3, -0.25) is 4.21 Å². The second-order valence-electron chi connectivity index (χ2n) is 4.66. The van der Waals surface area contributed by atoms with Gasteiger partial charge in [0.1, 0.15) is 5.75 Å². The predicted octanol–water partition coefficient (Wildman–Crippen LogP) is 1.56. The number of ether oxygens (including phenoxy) is 2. The van der Waals surface area contributed by atoms with E-state index in [1.165, 1.54) is 7.11 Å². The molecule has 0 aromatic heterocycles. The summed E-state index contributed by atoms with van der Waals surface area (Å²) in [7, 11) is 0.695. The molecule has 1 aromatic rings. The van der Waals surface area contributed by atoms with E-state index in [-0.39, 0.29) is 6.61 Å². The lowest BCUT2D eigenvalue weighted by Gasteiger charge is -2.23. The second kappa shape index (κ2) is 7.28. The second-order valence-corrected chi connectivity index (χ2v) is 6.35. The third-order valence-corrected chi connectivity index (χ3v) is 4.58. The normalized spacial score (nSPS) is 22.1. The number of carbonyl (C=O) groups is 1. The SMILES string of the molecule is COC(=O)COc1ccc(NC2CCS(=O)CC2)cc1. The van der Waals surface area contributed by atoms with Crippen LogP contribution in [-0.2, 0) is 20.3 Å². The minimum atomic E-state index is -0.635. The van der Waals surface area contributed by atoms with Crippen molar-refractivity contribution in [3.05, 3.63) is 24.3 Å². The minimum absolute atomic E-state index is 0.0856. The molecule has 1 aliphatic rings. The number of hydrogen-bond acceptors (Lipinski definition) is 5. The summed E-state index contributed by atoms with van der Waals surface area (Å²) in [6.07, 6.45) is 1.88. The molecule has 1 fully saturated rings. The zero-order valence-electron chi connectivity index (χ0n) is 11.5. The van der Waals surface area contributed by atoms with Crippen LogP contribution in [0.15, 0.2) is 24.3 Å². The van der Waals surface area contributed by atoms with Gasteiger partial charge in [0, 0.05) is 34.0 Å². The van der Waals surface area contributed by atoms with Gasteiger partial charge in [-0.15, -0.1) is 0 Å². The Morgan fingerprint density at radius 1 is 1.30 bits per heavy atom. The maximum absolute atomic E-state index is 11.3. The van der Waals surface area contributed by atoms with E-state index in [9.17, 15) is 9.00 Å². The first-order chi connectivity index (χ1) is 9.67. The molecule has 0 unspecified atom stereocenters. The van der Waals surface area contributed by atoms with Crippen molar-refractivity contribution in [3.63, 3.8) is 0 Å². The van der Waals surface area contributed by atoms with Crippen molar-refractivity contribution in [3.8, 4) is 5.75 Å². The number of benzene rings is 1. The molecular formula is C14H19NO4S. The van der Waals surface area contributed by atoms with Crippen molar-refractivity contribution < 1.29 is 18.5 Å². The molecule has 1 aliphatic heterocycles. The third-order valence-electron chi connectivity index (χ3n) is 3.20. The number of methoxy groups -OCH3 is 1. The average molecular weight is 297 g/mol. The Labute approximate surface area is 121 Å². The summed E-state index contributed by atoms with van der Waals surface area (Å²) in [5, 5.41) is 3.42. The first-order valence-electron chi connectivity index (χ1n) is 6.58. The van der Waals surface area contributed by atoms with Crippen LogP contribution in [0.4, 0.5) is 5.69 Å². The number of carbonyl (C=O) groups excluding carboxylic acids is 1. The van der Waals surface area contributed by atoms with Gasteiger partial charge in [0.2, 0.25) is 0 Å². The first kappa shape index (κ1) is 14.8. The van der Waals surface area contributed by atoms with E-state index in [1.54, 1.807) is 0 Å². The molecule has 1 heterocycles. The van der Waals surface area contributed by atoms with E-state index in [4.69, 9.17) is 4.74 Å². The van der Waals surface area contributed by atoms with Crippen LogP contribution in [0.1, 0.15) is 12.8 Å². The van der Waals surface area contributed by atoms with Gasteiger partial charge in [-0.05, 0) is 37.1 Å². The molecule has 6 heteroatoms. The highest BCUT2D eigenvalue weighted by atomic mass is 32.2. The summed E-state index contributed by atoms with van der Waals surface area (Å²) >= 11 is 0. The Morgan fingerprint density at radius 2 is 1.95 bits per heavy atom. The molecule has 110 valence electrons. The molecule has 0 radical (unpaired) electrons. The largest absolute Gasteiger partial charge is 0.482 e. The van der Waals surface area contributed by atoms with Crippen LogP contribution >= 0.6 is 0 Å². The molecule has 1 saturated heterocycles. The Bertz CT molecular complexity index is 465. The van der Waals surface area contributed by atoms with Gasteiger partial charge in [-0.25, -0.2) is 4.79 Å². The Hall–Kier alpha value is -1.56. The minimum Gasteiger partial charge on any atom is -0.482 e. The van der Waals surface area contributed by atoms with Crippen LogP contribution in [0.3, 0.4) is 0 Å². The Balaban J connectivity index is 1.82. The van der Waals surface area contributed by atoms with E-state index in [0.29, 0.717) is 11.8 Å². The topological polar surface area (TPSA) is 64.6 Å². The molecule has 20 heavy (non-hydrogen) atoms. The van der Waals surface area contributed by atoms with Crippen molar-refractivity contribution in [2.45, 2.75) is 18.9 Å². The summed E-state index contributed by atoms with van der Waals surface area (Å²) < 4.78 is 21.1. The van der Waals surface area contributed by atoms with Gasteiger partial charge in [0.05, 0.1) is 7.11 Å². The fraction of sp³-hybridized carbons (Fsp3) is 0.500. The highest BCUT2D eigenvalue weighted by molar-refractivity contribution is 7.85. The Kier molecular flexibility index (Phi) is 5.40. The molecule has 0 aliphatic carbocycles. The van der Waals surface area contributed by atoms with Crippen LogP contribution in [0.2, 0.25) is 0 Å². The van der Waals surface area contributed by atoms with Gasteiger partial charge in [0.15, 0.2) is 6.61 Å². The summed E-state index contributed by atoms with van der Waals surface area (Å²) in [5.41, 5.74) is 1.01. The van der Waals surface area contributed by atoms with Crippen molar-refractivity contribution in [1.82, 2.24) is 0 Å². The lowest BCUT2D eigenvalue weighted by Crippen LogP contribution is -2.29. The van der Waals surface area contributed by atoms with Crippen molar-refractivity contribution in [2.75, 3.05) is 30.5 Å². The lowest BCUT2D eigenvalue weighted by atomic mass is 10.1. The smallest absolute Gasteiger partial charge is 0.343 e. The van der Waals surface area contributed by atoms with Gasteiger partial charge >= 0.3 is 5.97 Å². The van der Waals surface area contributed by atoms with Crippen LogP contribution in [0.25, 0.3) is 0 Å². The number of esters is 1. The molecule has 0 bridgehead atoms. The maximum atomic E-state index is 11.3. The number of nitrogens with one attached hydrogen (secondary N) is 1. The molecule has 0 saturated carbocycles. The zero-order valence-corrected chi connectivity index (χ0v) is 12.3. The summed E-state index contributed by atoms with van der Waals surface area (Å²) in [6.45, 7) is -0.0856. The number of rotatable bonds is 5. The first-order valence-corrected chi connectivity index (χ1v) is 8.07. The average Bonchev–Trinajstić information content (AvgIpc) is 2.48. The third kappa shape index (κ3) is 4.52. The van der Waals surface area contributed by atoms with E-state index in [0.717, 1.165) is 30.0 Å². The fourth-order valence-corrected chi connectivity index (χ4v) is 3.32. The Morgan fingerprint density at radius 3 is 2.55 bits per heavy atom. The zero-order chi connectivity index (χ0) is 14.4. The van der Waals surface area contributed by atoms with Crippen molar-refractivity contribution in [1.29, 1.82) is 0 Å². The standard InChI is InChI=1S/C14H19NO4S/c1-18-14(16)10-19-13-4-2-11(3-5-13)15-12-6-8-20(17)9-7-12/h2-5,12,15H,6-10H2,1H3. The molecular weight excluding hydrogens is 278 g/mol. The van der Waals surface area contributed by atoms with Gasteiger partial charge < -0.3 is 14.8 Å². The fourth-order valence-electron chi connectivity index (χ4n) is 2.02. The molecule has 2 rings (SSSR count). The van der Waals surface area contributed by atoms with Crippen LogP contribution in [-0.4, -0.2) is 41.4 Å². The van der Waals surface area contributed by atoms with E-state index >= 15 is 0 Å². The quantitative estimate of drug-likeness (QED) is 0.836. The monoisotopic (exact) mass is 297 g/mol. The molecule has 0 atom stereocenters. The predicted molar refractivity (Wildman–Crippen MR) is 78.5 cm³/mol. The van der Waals surface area contributed by atoms with Gasteiger partial charge in [0.25, 0.3) is 0 Å². The summed E-state index contributed by atoms with van der Waals surface area (Å²) in [6, 6.07) is 7.84.